The summed E-state index contributed by atoms with van der Waals surface area (Å²) in [4.78, 5) is 21.4. The number of halogens is 1. The number of amides is 1. The molecule has 1 aliphatic rings. The molecule has 3 N–H and O–H groups in total. The van der Waals surface area contributed by atoms with Crippen LogP contribution in [0.25, 0.3) is 0 Å². The number of aliphatic imine (C=N–C) groups is 1. The maximum absolute atomic E-state index is 12.1. The van der Waals surface area contributed by atoms with Crippen LogP contribution in [-0.2, 0) is 0 Å². The lowest BCUT2D eigenvalue weighted by Crippen LogP contribution is -2.46. The van der Waals surface area contributed by atoms with E-state index in [0.717, 1.165) is 25.6 Å². The summed E-state index contributed by atoms with van der Waals surface area (Å²) < 4.78 is 0. The Morgan fingerprint density at radius 2 is 2.07 bits per heavy atom. The standard InChI is InChI=1S/C20H33N5O2.HI/c1-4-21-20(24(3)15-16-9-8-14-25(16)5-2)23-13-12-22-19(27)17-10-6-7-11-18(17)26;/h6-7,10-11,16,26H,4-5,8-9,12-15H2,1-3H3,(H,21,23)(H,22,27);1H. The van der Waals surface area contributed by atoms with E-state index in [4.69, 9.17) is 0 Å². The number of likely N-dealkylation sites (tertiary alicyclic amines) is 1. The average molecular weight is 503 g/mol. The van der Waals surface area contributed by atoms with Crippen LogP contribution in [0.4, 0.5) is 0 Å². The van der Waals surface area contributed by atoms with Crippen molar-refractivity contribution >= 4 is 35.8 Å². The first-order chi connectivity index (χ1) is 13.1. The molecule has 1 aliphatic heterocycles. The summed E-state index contributed by atoms with van der Waals surface area (Å²) in [5, 5.41) is 15.9. The monoisotopic (exact) mass is 503 g/mol. The fraction of sp³-hybridized carbons (Fsp3) is 0.600. The SMILES string of the molecule is CCNC(=NCCNC(=O)c1ccccc1O)N(C)CC1CCCN1CC.I. The number of hydrogen-bond acceptors (Lipinski definition) is 4. The lowest BCUT2D eigenvalue weighted by atomic mass is 10.2. The molecule has 1 amide bonds. The van der Waals surface area contributed by atoms with Gasteiger partial charge < -0.3 is 20.6 Å². The number of carbonyl (C=O) groups excluding carboxylic acids is 1. The van der Waals surface area contributed by atoms with Crippen LogP contribution in [-0.4, -0.2) is 79.1 Å². The molecule has 0 aliphatic carbocycles. The molecule has 28 heavy (non-hydrogen) atoms. The first kappa shape index (κ1) is 24.5. The maximum atomic E-state index is 12.1. The molecule has 0 spiro atoms. The van der Waals surface area contributed by atoms with Gasteiger partial charge in [0, 0.05) is 32.7 Å². The molecule has 1 aromatic carbocycles. The molecule has 0 radical (unpaired) electrons. The van der Waals surface area contributed by atoms with Crippen LogP contribution in [0.2, 0.25) is 0 Å². The van der Waals surface area contributed by atoms with Gasteiger partial charge in [-0.25, -0.2) is 0 Å². The molecule has 1 saturated heterocycles. The van der Waals surface area contributed by atoms with E-state index in [9.17, 15) is 9.90 Å². The molecule has 1 unspecified atom stereocenters. The van der Waals surface area contributed by atoms with Gasteiger partial charge in [-0.05, 0) is 45.0 Å². The molecule has 7 nitrogen and oxygen atoms in total. The average Bonchev–Trinajstić information content (AvgIpc) is 3.11. The maximum Gasteiger partial charge on any atom is 0.255 e. The topological polar surface area (TPSA) is 80.2 Å². The first-order valence-electron chi connectivity index (χ1n) is 9.86. The number of phenolic OH excluding ortho intramolecular Hbond substituents is 1. The third-order valence-corrected chi connectivity index (χ3v) is 4.89. The number of carbonyl (C=O) groups is 1. The van der Waals surface area contributed by atoms with Gasteiger partial charge in [0.2, 0.25) is 0 Å². The van der Waals surface area contributed by atoms with Crippen LogP contribution < -0.4 is 10.6 Å². The van der Waals surface area contributed by atoms with Crippen molar-refractivity contribution in [3.8, 4) is 5.75 Å². The Balaban J connectivity index is 0.00000392. The van der Waals surface area contributed by atoms with Gasteiger partial charge in [0.15, 0.2) is 5.96 Å². The van der Waals surface area contributed by atoms with E-state index in [2.05, 4.69) is 46.3 Å². The zero-order chi connectivity index (χ0) is 19.6. The Labute approximate surface area is 185 Å². The summed E-state index contributed by atoms with van der Waals surface area (Å²) in [5.74, 6) is 0.562. The van der Waals surface area contributed by atoms with Crippen LogP contribution in [0.5, 0.6) is 5.75 Å². The van der Waals surface area contributed by atoms with Gasteiger partial charge in [0.1, 0.15) is 5.75 Å². The van der Waals surface area contributed by atoms with Gasteiger partial charge in [-0.15, -0.1) is 24.0 Å². The zero-order valence-electron chi connectivity index (χ0n) is 17.1. The van der Waals surface area contributed by atoms with E-state index in [1.165, 1.54) is 25.5 Å². The van der Waals surface area contributed by atoms with Crippen molar-refractivity contribution in [1.82, 2.24) is 20.4 Å². The Hall–Kier alpha value is -1.55. The summed E-state index contributed by atoms with van der Waals surface area (Å²) in [6.07, 6.45) is 2.49. The van der Waals surface area contributed by atoms with Gasteiger partial charge in [0.25, 0.3) is 5.91 Å². The number of aromatic hydroxyl groups is 1. The van der Waals surface area contributed by atoms with Crippen LogP contribution in [0, 0.1) is 0 Å². The van der Waals surface area contributed by atoms with Crippen LogP contribution in [0.15, 0.2) is 29.3 Å². The van der Waals surface area contributed by atoms with Gasteiger partial charge in [0.05, 0.1) is 12.1 Å². The van der Waals surface area contributed by atoms with Crippen LogP contribution in [0.3, 0.4) is 0 Å². The van der Waals surface area contributed by atoms with Crippen LogP contribution >= 0.6 is 24.0 Å². The van der Waals surface area contributed by atoms with Crippen LogP contribution in [0.1, 0.15) is 37.0 Å². The van der Waals surface area contributed by atoms with E-state index in [-0.39, 0.29) is 41.2 Å². The van der Waals surface area contributed by atoms with E-state index >= 15 is 0 Å². The second-order valence-corrected chi connectivity index (χ2v) is 6.81. The Bertz CT molecular complexity index is 641. The minimum atomic E-state index is -0.286. The van der Waals surface area contributed by atoms with E-state index in [0.29, 0.717) is 19.1 Å². The first-order valence-corrected chi connectivity index (χ1v) is 9.86. The van der Waals surface area contributed by atoms with Gasteiger partial charge in [-0.1, -0.05) is 19.1 Å². The summed E-state index contributed by atoms with van der Waals surface area (Å²) in [6, 6.07) is 7.11. The van der Waals surface area contributed by atoms with Crippen molar-refractivity contribution in [2.45, 2.75) is 32.7 Å². The molecular weight excluding hydrogens is 469 g/mol. The Morgan fingerprint density at radius 1 is 1.32 bits per heavy atom. The number of guanidine groups is 1. The lowest BCUT2D eigenvalue weighted by Gasteiger charge is -2.29. The fourth-order valence-electron chi connectivity index (χ4n) is 3.48. The second-order valence-electron chi connectivity index (χ2n) is 6.81. The number of para-hydroxylation sites is 1. The third-order valence-electron chi connectivity index (χ3n) is 4.89. The van der Waals surface area contributed by atoms with Crippen molar-refractivity contribution < 1.29 is 9.90 Å². The number of likely N-dealkylation sites (N-methyl/N-ethyl adjacent to an activating group) is 2. The molecule has 1 aromatic rings. The number of hydrogen-bond donors (Lipinski definition) is 3. The molecule has 158 valence electrons. The third kappa shape index (κ3) is 7.12. The molecule has 0 saturated carbocycles. The van der Waals surface area contributed by atoms with E-state index in [1.54, 1.807) is 18.2 Å². The number of phenols is 1. The van der Waals surface area contributed by atoms with E-state index < -0.39 is 0 Å². The fourth-order valence-corrected chi connectivity index (χ4v) is 3.48. The molecule has 2 rings (SSSR count). The lowest BCUT2D eigenvalue weighted by molar-refractivity contribution is 0.0952. The predicted octanol–water partition coefficient (Wildman–Crippen LogP) is 2.12. The highest BCUT2D eigenvalue weighted by molar-refractivity contribution is 14.0. The minimum Gasteiger partial charge on any atom is -0.507 e. The van der Waals surface area contributed by atoms with E-state index in [1.807, 2.05) is 0 Å². The molecule has 0 bridgehead atoms. The summed E-state index contributed by atoms with van der Waals surface area (Å²) >= 11 is 0. The molecule has 1 heterocycles. The number of benzene rings is 1. The van der Waals surface area contributed by atoms with Gasteiger partial charge in [-0.2, -0.15) is 0 Å². The minimum absolute atomic E-state index is 0. The molecule has 1 fully saturated rings. The predicted molar refractivity (Wildman–Crippen MR) is 125 cm³/mol. The molecule has 0 aromatic heterocycles. The van der Waals surface area contributed by atoms with Gasteiger partial charge in [-0.3, -0.25) is 14.7 Å². The quantitative estimate of drug-likeness (QED) is 0.219. The van der Waals surface area contributed by atoms with Crippen molar-refractivity contribution in [3.05, 3.63) is 29.8 Å². The van der Waals surface area contributed by atoms with Crippen molar-refractivity contribution in [2.75, 3.05) is 46.3 Å². The summed E-state index contributed by atoms with van der Waals surface area (Å²) in [6.45, 7) is 9.18. The summed E-state index contributed by atoms with van der Waals surface area (Å²) in [5.41, 5.74) is 0.284. The largest absolute Gasteiger partial charge is 0.507 e. The second kappa shape index (κ2) is 12.8. The molecule has 1 atom stereocenters. The normalized spacial score (nSPS) is 17.1. The number of nitrogens with one attached hydrogen (secondary N) is 2. The number of rotatable bonds is 8. The highest BCUT2D eigenvalue weighted by Crippen LogP contribution is 2.17. The van der Waals surface area contributed by atoms with Crippen molar-refractivity contribution in [2.24, 2.45) is 4.99 Å². The van der Waals surface area contributed by atoms with Crippen molar-refractivity contribution in [1.29, 1.82) is 0 Å². The van der Waals surface area contributed by atoms with Gasteiger partial charge >= 0.3 is 0 Å². The smallest absolute Gasteiger partial charge is 0.255 e. The highest BCUT2D eigenvalue weighted by Gasteiger charge is 2.24. The highest BCUT2D eigenvalue weighted by atomic mass is 127. The molecule has 8 heteroatoms. The Morgan fingerprint density at radius 3 is 2.75 bits per heavy atom. The molecular formula is C20H34IN5O2. The Kier molecular flexibility index (Phi) is 11.2. The summed E-state index contributed by atoms with van der Waals surface area (Å²) in [7, 11) is 2.06. The number of nitrogens with zero attached hydrogens (tertiary/aromatic N) is 3. The van der Waals surface area contributed by atoms with Crippen molar-refractivity contribution in [3.63, 3.8) is 0 Å². The zero-order valence-corrected chi connectivity index (χ0v) is 19.5.